The predicted octanol–water partition coefficient (Wildman–Crippen LogP) is 3.91. The van der Waals surface area contributed by atoms with Gasteiger partial charge in [-0.1, -0.05) is 36.8 Å². The van der Waals surface area contributed by atoms with Crippen molar-refractivity contribution in [1.82, 2.24) is 5.32 Å². The summed E-state index contributed by atoms with van der Waals surface area (Å²) in [5, 5.41) is 15.1. The predicted molar refractivity (Wildman–Crippen MR) is 113 cm³/mol. The summed E-state index contributed by atoms with van der Waals surface area (Å²) in [7, 11) is 0. The van der Waals surface area contributed by atoms with E-state index in [1.54, 1.807) is 0 Å². The number of benzene rings is 1. The fourth-order valence-electron chi connectivity index (χ4n) is 3.47. The lowest BCUT2D eigenvalue weighted by molar-refractivity contribution is -0.138. The van der Waals surface area contributed by atoms with Gasteiger partial charge in [-0.25, -0.2) is 0 Å². The van der Waals surface area contributed by atoms with Crippen molar-refractivity contribution in [2.45, 2.75) is 52.5 Å². The molecular formula is C22H26N2O4S. The number of aryl methyl sites for hydroxylation is 1. The Balaban J connectivity index is 1.79. The Morgan fingerprint density at radius 2 is 1.90 bits per heavy atom. The van der Waals surface area contributed by atoms with E-state index < -0.39 is 5.97 Å². The van der Waals surface area contributed by atoms with Crippen LogP contribution in [0.2, 0.25) is 0 Å². The van der Waals surface area contributed by atoms with Gasteiger partial charge < -0.3 is 15.7 Å². The molecule has 0 aliphatic heterocycles. The second kappa shape index (κ2) is 9.22. The molecule has 0 unspecified atom stereocenters. The molecule has 0 spiro atoms. The van der Waals surface area contributed by atoms with Crippen LogP contribution in [-0.4, -0.2) is 22.9 Å². The minimum absolute atomic E-state index is 0.112. The number of thiophene rings is 1. The number of rotatable bonds is 7. The molecule has 0 saturated heterocycles. The first-order chi connectivity index (χ1) is 13.8. The van der Waals surface area contributed by atoms with Crippen LogP contribution in [-0.2, 0) is 29.0 Å². The lowest BCUT2D eigenvalue weighted by atomic mass is 9.88. The van der Waals surface area contributed by atoms with E-state index in [4.69, 9.17) is 5.11 Å². The SMILES string of the molecule is Cc1ccc(CNC(=O)c2c(NC(=O)CCC(=O)O)sc3c2CC[C@H](C)C3)cc1. The van der Waals surface area contributed by atoms with Crippen molar-refractivity contribution in [2.24, 2.45) is 5.92 Å². The lowest BCUT2D eigenvalue weighted by Gasteiger charge is -2.18. The van der Waals surface area contributed by atoms with Gasteiger partial charge in [-0.2, -0.15) is 0 Å². The van der Waals surface area contributed by atoms with Gasteiger partial charge in [-0.15, -0.1) is 11.3 Å². The highest BCUT2D eigenvalue weighted by atomic mass is 32.1. The van der Waals surface area contributed by atoms with Crippen LogP contribution in [0.25, 0.3) is 0 Å². The summed E-state index contributed by atoms with van der Waals surface area (Å²) >= 11 is 1.44. The normalized spacial score (nSPS) is 15.4. The van der Waals surface area contributed by atoms with Crippen molar-refractivity contribution in [3.8, 4) is 0 Å². The van der Waals surface area contributed by atoms with E-state index in [0.29, 0.717) is 23.0 Å². The number of anilines is 1. The average Bonchev–Trinajstić information content (AvgIpc) is 3.02. The van der Waals surface area contributed by atoms with Crippen molar-refractivity contribution in [1.29, 1.82) is 0 Å². The molecule has 1 aliphatic carbocycles. The molecule has 2 aromatic rings. The highest BCUT2D eigenvalue weighted by Crippen LogP contribution is 2.39. The quantitative estimate of drug-likeness (QED) is 0.640. The number of nitrogens with one attached hydrogen (secondary N) is 2. The Bertz CT molecular complexity index is 918. The van der Waals surface area contributed by atoms with Crippen LogP contribution in [0, 0.1) is 12.8 Å². The highest BCUT2D eigenvalue weighted by molar-refractivity contribution is 7.17. The fourth-order valence-corrected chi connectivity index (χ4v) is 4.89. The number of aliphatic carboxylic acids is 1. The van der Waals surface area contributed by atoms with Crippen molar-refractivity contribution >= 4 is 34.1 Å². The molecule has 1 aliphatic rings. The first kappa shape index (κ1) is 21.0. The first-order valence-corrected chi connectivity index (χ1v) is 10.6. The van der Waals surface area contributed by atoms with E-state index in [9.17, 15) is 14.4 Å². The molecule has 1 heterocycles. The molecule has 29 heavy (non-hydrogen) atoms. The number of carbonyl (C=O) groups is 3. The van der Waals surface area contributed by atoms with Gasteiger partial charge in [0.1, 0.15) is 5.00 Å². The second-order valence-electron chi connectivity index (χ2n) is 7.67. The van der Waals surface area contributed by atoms with Gasteiger partial charge in [0, 0.05) is 17.8 Å². The molecule has 1 aromatic carbocycles. The topological polar surface area (TPSA) is 95.5 Å². The maximum Gasteiger partial charge on any atom is 0.303 e. The molecule has 3 rings (SSSR count). The fraction of sp³-hybridized carbons (Fsp3) is 0.409. The number of hydrogen-bond donors (Lipinski definition) is 3. The molecule has 6 nitrogen and oxygen atoms in total. The van der Waals surface area contributed by atoms with Crippen LogP contribution in [0.4, 0.5) is 5.00 Å². The number of amides is 2. The van der Waals surface area contributed by atoms with Crippen molar-refractivity contribution in [3.05, 3.63) is 51.4 Å². The molecule has 154 valence electrons. The van der Waals surface area contributed by atoms with Gasteiger partial charge >= 0.3 is 5.97 Å². The number of fused-ring (bicyclic) bond motifs is 1. The zero-order valence-electron chi connectivity index (χ0n) is 16.7. The third-order valence-corrected chi connectivity index (χ3v) is 6.30. The van der Waals surface area contributed by atoms with E-state index >= 15 is 0 Å². The number of carboxylic acid groups (broad SMARTS) is 1. The van der Waals surface area contributed by atoms with Crippen molar-refractivity contribution in [3.63, 3.8) is 0 Å². The molecule has 1 atom stereocenters. The molecule has 0 bridgehead atoms. The van der Waals surface area contributed by atoms with Crippen LogP contribution in [0.3, 0.4) is 0 Å². The number of carboxylic acids is 1. The average molecular weight is 415 g/mol. The maximum absolute atomic E-state index is 13.0. The van der Waals surface area contributed by atoms with E-state index in [0.717, 1.165) is 40.8 Å². The van der Waals surface area contributed by atoms with Crippen LogP contribution < -0.4 is 10.6 Å². The van der Waals surface area contributed by atoms with E-state index in [2.05, 4.69) is 17.6 Å². The van der Waals surface area contributed by atoms with Gasteiger partial charge in [0.25, 0.3) is 5.91 Å². The van der Waals surface area contributed by atoms with E-state index in [1.165, 1.54) is 11.3 Å². The highest BCUT2D eigenvalue weighted by Gasteiger charge is 2.28. The Hall–Kier alpha value is -2.67. The largest absolute Gasteiger partial charge is 0.481 e. The summed E-state index contributed by atoms with van der Waals surface area (Å²) in [6.45, 7) is 4.61. The third kappa shape index (κ3) is 5.44. The standard InChI is InChI=1S/C22H26N2O4S/c1-13-3-6-15(7-4-13)12-23-21(28)20-16-8-5-14(2)11-17(16)29-22(20)24-18(25)9-10-19(26)27/h3-4,6-7,14H,5,8-12H2,1-2H3,(H,23,28)(H,24,25)(H,26,27)/t14-/m0/s1. The molecule has 7 heteroatoms. The van der Waals surface area contributed by atoms with E-state index in [1.807, 2.05) is 31.2 Å². The van der Waals surface area contributed by atoms with Crippen molar-refractivity contribution in [2.75, 3.05) is 5.32 Å². The van der Waals surface area contributed by atoms with Gasteiger partial charge in [-0.3, -0.25) is 14.4 Å². The molecule has 3 N–H and O–H groups in total. The van der Waals surface area contributed by atoms with Gasteiger partial charge in [0.2, 0.25) is 5.91 Å². The minimum Gasteiger partial charge on any atom is -0.481 e. The summed E-state index contributed by atoms with van der Waals surface area (Å²) in [4.78, 5) is 37.1. The molecule has 0 fully saturated rings. The van der Waals surface area contributed by atoms with Gasteiger partial charge in [0.15, 0.2) is 0 Å². The summed E-state index contributed by atoms with van der Waals surface area (Å²) in [5.41, 5.74) is 3.72. The number of hydrogen-bond acceptors (Lipinski definition) is 4. The van der Waals surface area contributed by atoms with Crippen LogP contribution in [0.5, 0.6) is 0 Å². The van der Waals surface area contributed by atoms with Gasteiger partial charge in [-0.05, 0) is 43.2 Å². The summed E-state index contributed by atoms with van der Waals surface area (Å²) in [6, 6.07) is 7.97. The Morgan fingerprint density at radius 1 is 1.17 bits per heavy atom. The first-order valence-electron chi connectivity index (χ1n) is 9.83. The third-order valence-electron chi connectivity index (χ3n) is 5.13. The Labute approximate surface area is 174 Å². The zero-order chi connectivity index (χ0) is 21.0. The van der Waals surface area contributed by atoms with Crippen molar-refractivity contribution < 1.29 is 19.5 Å². The van der Waals surface area contributed by atoms with Crippen LogP contribution in [0.15, 0.2) is 24.3 Å². The molecule has 0 saturated carbocycles. The van der Waals surface area contributed by atoms with Crippen LogP contribution in [0.1, 0.15) is 58.1 Å². The molecule has 1 aromatic heterocycles. The van der Waals surface area contributed by atoms with E-state index in [-0.39, 0.29) is 24.7 Å². The summed E-state index contributed by atoms with van der Waals surface area (Å²) in [5.74, 6) is -1.06. The van der Waals surface area contributed by atoms with Gasteiger partial charge in [0.05, 0.1) is 12.0 Å². The molecular weight excluding hydrogens is 388 g/mol. The second-order valence-corrected chi connectivity index (χ2v) is 8.77. The summed E-state index contributed by atoms with van der Waals surface area (Å²) in [6.07, 6.45) is 2.37. The Morgan fingerprint density at radius 3 is 2.59 bits per heavy atom. The smallest absolute Gasteiger partial charge is 0.303 e. The van der Waals surface area contributed by atoms with Crippen LogP contribution >= 0.6 is 11.3 Å². The minimum atomic E-state index is -1.02. The number of carbonyl (C=O) groups excluding carboxylic acids is 2. The maximum atomic E-state index is 13.0. The lowest BCUT2D eigenvalue weighted by Crippen LogP contribution is -2.26. The molecule has 0 radical (unpaired) electrons. The monoisotopic (exact) mass is 414 g/mol. The summed E-state index contributed by atoms with van der Waals surface area (Å²) < 4.78 is 0. The molecule has 2 amide bonds. The zero-order valence-corrected chi connectivity index (χ0v) is 17.5. The Kier molecular flexibility index (Phi) is 6.69.